The van der Waals surface area contributed by atoms with Crippen LogP contribution in [0.4, 0.5) is 5.69 Å². The number of carboxylic acids is 1. The first kappa shape index (κ1) is 14.0. The van der Waals surface area contributed by atoms with Gasteiger partial charge in [-0.25, -0.2) is 4.79 Å². The number of carboxylic acid groups (broad SMARTS) is 1. The molecule has 0 aliphatic rings. The van der Waals surface area contributed by atoms with Crippen molar-refractivity contribution >= 4 is 27.6 Å². The lowest BCUT2D eigenvalue weighted by Crippen LogP contribution is -2.26. The highest BCUT2D eigenvalue weighted by molar-refractivity contribution is 9.10. The zero-order valence-electron chi connectivity index (χ0n) is 9.77. The van der Waals surface area contributed by atoms with Crippen molar-refractivity contribution in [2.24, 2.45) is 5.92 Å². The van der Waals surface area contributed by atoms with Gasteiger partial charge in [0.2, 0.25) is 0 Å². The quantitative estimate of drug-likeness (QED) is 0.782. The standard InChI is InChI=1S/C12H16BrNO3/c1-7(6-15)8(2)14-11-4-9(12(16)17)3-10(13)5-11/h3-5,7-8,14-15H,6H2,1-2H3,(H,16,17). The van der Waals surface area contributed by atoms with Crippen LogP contribution in [0.15, 0.2) is 22.7 Å². The third-order valence-electron chi connectivity index (χ3n) is 2.68. The largest absolute Gasteiger partial charge is 0.478 e. The van der Waals surface area contributed by atoms with Crippen molar-refractivity contribution in [1.82, 2.24) is 0 Å². The van der Waals surface area contributed by atoms with Crippen molar-refractivity contribution in [3.8, 4) is 0 Å². The predicted molar refractivity (Wildman–Crippen MR) is 70.4 cm³/mol. The van der Waals surface area contributed by atoms with Crippen LogP contribution in [0.1, 0.15) is 24.2 Å². The minimum Gasteiger partial charge on any atom is -0.478 e. The van der Waals surface area contributed by atoms with Crippen LogP contribution in [0, 0.1) is 5.92 Å². The van der Waals surface area contributed by atoms with Crippen molar-refractivity contribution < 1.29 is 15.0 Å². The number of hydrogen-bond acceptors (Lipinski definition) is 3. The van der Waals surface area contributed by atoms with Gasteiger partial charge in [-0.15, -0.1) is 0 Å². The van der Waals surface area contributed by atoms with Gasteiger partial charge in [-0.2, -0.15) is 0 Å². The summed E-state index contributed by atoms with van der Waals surface area (Å²) in [4.78, 5) is 10.9. The van der Waals surface area contributed by atoms with Gasteiger partial charge in [0.25, 0.3) is 0 Å². The van der Waals surface area contributed by atoms with Gasteiger partial charge in [-0.05, 0) is 31.0 Å². The second kappa shape index (κ2) is 6.02. The molecule has 3 N–H and O–H groups in total. The molecule has 5 heteroatoms. The summed E-state index contributed by atoms with van der Waals surface area (Å²) in [6.07, 6.45) is 0. The lowest BCUT2D eigenvalue weighted by molar-refractivity contribution is 0.0697. The highest BCUT2D eigenvalue weighted by Crippen LogP contribution is 2.21. The minimum atomic E-state index is -0.961. The van der Waals surface area contributed by atoms with Crippen molar-refractivity contribution in [2.75, 3.05) is 11.9 Å². The van der Waals surface area contributed by atoms with Crippen molar-refractivity contribution in [1.29, 1.82) is 0 Å². The van der Waals surface area contributed by atoms with Crippen LogP contribution in [0.3, 0.4) is 0 Å². The van der Waals surface area contributed by atoms with Crippen LogP contribution in [-0.2, 0) is 0 Å². The molecule has 1 rings (SSSR count). The fourth-order valence-electron chi connectivity index (χ4n) is 1.36. The van der Waals surface area contributed by atoms with E-state index in [9.17, 15) is 4.79 Å². The molecule has 0 heterocycles. The molecule has 1 aromatic rings. The van der Waals surface area contributed by atoms with Crippen molar-refractivity contribution in [2.45, 2.75) is 19.9 Å². The molecule has 0 saturated carbocycles. The molecule has 17 heavy (non-hydrogen) atoms. The summed E-state index contributed by atoms with van der Waals surface area (Å²) in [5.41, 5.74) is 0.954. The number of halogens is 1. The third-order valence-corrected chi connectivity index (χ3v) is 3.14. The van der Waals surface area contributed by atoms with E-state index in [-0.39, 0.29) is 24.1 Å². The van der Waals surface area contributed by atoms with Crippen molar-refractivity contribution in [3.63, 3.8) is 0 Å². The molecule has 0 radical (unpaired) electrons. The highest BCUT2D eigenvalue weighted by atomic mass is 79.9. The average molecular weight is 302 g/mol. The Kier molecular flexibility index (Phi) is 4.96. The van der Waals surface area contributed by atoms with Gasteiger partial charge < -0.3 is 15.5 Å². The molecule has 0 saturated heterocycles. The first-order valence-electron chi connectivity index (χ1n) is 5.35. The first-order chi connectivity index (χ1) is 7.93. The molecule has 4 nitrogen and oxygen atoms in total. The number of aliphatic hydroxyl groups is 1. The summed E-state index contributed by atoms with van der Waals surface area (Å²) in [5, 5.41) is 21.1. The molecule has 2 unspecified atom stereocenters. The maximum Gasteiger partial charge on any atom is 0.335 e. The number of aliphatic hydroxyl groups excluding tert-OH is 1. The Labute approximate surface area is 109 Å². The van der Waals surface area contributed by atoms with E-state index >= 15 is 0 Å². The molecular formula is C12H16BrNO3. The van der Waals surface area contributed by atoms with E-state index in [2.05, 4.69) is 21.2 Å². The maximum absolute atomic E-state index is 10.9. The fraction of sp³-hybridized carbons (Fsp3) is 0.417. The molecule has 0 aliphatic carbocycles. The van der Waals surface area contributed by atoms with Crippen LogP contribution < -0.4 is 5.32 Å². The smallest absolute Gasteiger partial charge is 0.335 e. The van der Waals surface area contributed by atoms with Gasteiger partial charge in [0, 0.05) is 22.8 Å². The molecule has 0 bridgehead atoms. The van der Waals surface area contributed by atoms with Gasteiger partial charge in [-0.1, -0.05) is 22.9 Å². The Morgan fingerprint density at radius 2 is 2.06 bits per heavy atom. The Morgan fingerprint density at radius 3 is 2.59 bits per heavy atom. The van der Waals surface area contributed by atoms with Gasteiger partial charge in [-0.3, -0.25) is 0 Å². The number of benzene rings is 1. The minimum absolute atomic E-state index is 0.0657. The topological polar surface area (TPSA) is 69.6 Å². The van der Waals surface area contributed by atoms with E-state index in [0.717, 1.165) is 5.69 Å². The number of hydrogen-bond donors (Lipinski definition) is 3. The number of anilines is 1. The van der Waals surface area contributed by atoms with E-state index in [4.69, 9.17) is 10.2 Å². The Balaban J connectivity index is 2.87. The van der Waals surface area contributed by atoms with Crippen LogP contribution >= 0.6 is 15.9 Å². The molecule has 94 valence electrons. The highest BCUT2D eigenvalue weighted by Gasteiger charge is 2.12. The number of rotatable bonds is 5. The zero-order valence-corrected chi connectivity index (χ0v) is 11.4. The second-order valence-corrected chi connectivity index (χ2v) is 5.04. The lowest BCUT2D eigenvalue weighted by atomic mass is 10.0. The summed E-state index contributed by atoms with van der Waals surface area (Å²) in [6, 6.07) is 5.00. The maximum atomic E-state index is 10.9. The van der Waals surface area contributed by atoms with Crippen LogP contribution in [0.2, 0.25) is 0 Å². The van der Waals surface area contributed by atoms with Crippen LogP contribution in [0.5, 0.6) is 0 Å². The first-order valence-corrected chi connectivity index (χ1v) is 6.14. The lowest BCUT2D eigenvalue weighted by Gasteiger charge is -2.20. The summed E-state index contributed by atoms with van der Waals surface area (Å²) in [6.45, 7) is 3.96. The monoisotopic (exact) mass is 301 g/mol. The Morgan fingerprint density at radius 1 is 1.41 bits per heavy atom. The third kappa shape index (κ3) is 4.02. The number of aromatic carboxylic acids is 1. The van der Waals surface area contributed by atoms with E-state index in [1.165, 1.54) is 0 Å². The molecule has 0 amide bonds. The van der Waals surface area contributed by atoms with Gasteiger partial charge in [0.15, 0.2) is 0 Å². The van der Waals surface area contributed by atoms with E-state index in [1.807, 2.05) is 19.9 Å². The molecular weight excluding hydrogens is 286 g/mol. The van der Waals surface area contributed by atoms with Crippen LogP contribution in [-0.4, -0.2) is 28.8 Å². The summed E-state index contributed by atoms with van der Waals surface area (Å²) in [5.74, 6) is -0.862. The van der Waals surface area contributed by atoms with E-state index in [1.54, 1.807) is 12.1 Å². The number of nitrogens with one attached hydrogen (secondary N) is 1. The summed E-state index contributed by atoms with van der Waals surface area (Å²) in [7, 11) is 0. The fourth-order valence-corrected chi connectivity index (χ4v) is 1.85. The van der Waals surface area contributed by atoms with E-state index in [0.29, 0.717) is 4.47 Å². The second-order valence-electron chi connectivity index (χ2n) is 4.13. The SMILES string of the molecule is CC(CO)C(C)Nc1cc(Br)cc(C(=O)O)c1. The number of carbonyl (C=O) groups is 1. The molecule has 2 atom stereocenters. The van der Waals surface area contributed by atoms with Gasteiger partial charge in [0.1, 0.15) is 0 Å². The van der Waals surface area contributed by atoms with Gasteiger partial charge >= 0.3 is 5.97 Å². The van der Waals surface area contributed by atoms with E-state index < -0.39 is 5.97 Å². The predicted octanol–water partition coefficient (Wildman–Crippen LogP) is 2.58. The molecule has 0 fully saturated rings. The van der Waals surface area contributed by atoms with Crippen LogP contribution in [0.25, 0.3) is 0 Å². The normalized spacial score (nSPS) is 14.1. The Hall–Kier alpha value is -1.07. The molecule has 0 aliphatic heterocycles. The van der Waals surface area contributed by atoms with Crippen molar-refractivity contribution in [3.05, 3.63) is 28.2 Å². The molecule has 0 spiro atoms. The Bertz CT molecular complexity index is 409. The average Bonchev–Trinajstić information content (AvgIpc) is 2.26. The summed E-state index contributed by atoms with van der Waals surface area (Å²) < 4.78 is 0.712. The zero-order chi connectivity index (χ0) is 13.0. The summed E-state index contributed by atoms with van der Waals surface area (Å²) >= 11 is 3.27. The molecule has 0 aromatic heterocycles. The van der Waals surface area contributed by atoms with Gasteiger partial charge in [0.05, 0.1) is 5.56 Å². The molecule has 1 aromatic carbocycles.